The molecule has 3 aromatic heterocycles. The Balaban J connectivity index is 0.00000694. The Morgan fingerprint density at radius 1 is 0.541 bits per heavy atom. The molecule has 4 heterocycles. The third kappa shape index (κ3) is 7.90. The van der Waals surface area contributed by atoms with E-state index in [1.807, 2.05) is 125 Å². The third-order valence-electron chi connectivity index (χ3n) is 13.8. The minimum absolute atomic E-state index is 0. The molecule has 6 heteroatoms. The first-order chi connectivity index (χ1) is 39.6. The van der Waals surface area contributed by atoms with Crippen molar-refractivity contribution in [3.05, 3.63) is 236 Å². The number of hydrogen-bond acceptors (Lipinski definition) is 2. The molecular formula is C68H52N4OPt-2. The van der Waals surface area contributed by atoms with E-state index in [2.05, 4.69) is 88.8 Å². The van der Waals surface area contributed by atoms with Crippen LogP contribution < -0.4 is 9.30 Å². The third-order valence-corrected chi connectivity index (χ3v) is 13.8. The Morgan fingerprint density at radius 3 is 1.97 bits per heavy atom. The van der Waals surface area contributed by atoms with Crippen molar-refractivity contribution in [2.24, 2.45) is 0 Å². The van der Waals surface area contributed by atoms with Crippen LogP contribution in [0.2, 0.25) is 0 Å². The van der Waals surface area contributed by atoms with Crippen molar-refractivity contribution in [1.82, 2.24) is 14.1 Å². The zero-order valence-corrected chi connectivity index (χ0v) is 43.6. The van der Waals surface area contributed by atoms with E-state index in [0.29, 0.717) is 72.9 Å². The standard InChI is InChI=1S/C68H52N4O.Pt/c1-67(2,3)47-36-37-69-63(40-47)72-60-33-16-15-28-54(60)55-35-34-50(42-61(55)72)73-49-25-17-24-48(41-49)70-43-71-65-57(31-19-32-59(65)68(4,5)6)64-51(45-22-11-8-12-23-45)29-18-30-56(64)52-26-13-14-27-53(52)58-38-46(39-62(70)66(58)71)44-20-9-7-10-21-44;/h7-40H,1-6H3;/q-2;/i7D,8D,9D,10D,11D,12D,20D,21D,22D,23D;. The summed E-state index contributed by atoms with van der Waals surface area (Å²) in [5.74, 6) is 1.54. The van der Waals surface area contributed by atoms with Crippen molar-refractivity contribution in [2.75, 3.05) is 0 Å². The number of imidazole rings is 1. The van der Waals surface area contributed by atoms with E-state index in [0.717, 1.165) is 44.3 Å². The molecule has 0 unspecified atom stereocenters. The van der Waals surface area contributed by atoms with Gasteiger partial charge in [0.05, 0.1) is 30.4 Å². The minimum Gasteiger partial charge on any atom is -0.510 e. The van der Waals surface area contributed by atoms with Crippen LogP contribution in [0.25, 0.3) is 106 Å². The summed E-state index contributed by atoms with van der Waals surface area (Å²) < 4.78 is 102. The van der Waals surface area contributed by atoms with Crippen LogP contribution in [-0.2, 0) is 31.9 Å². The monoisotopic (exact) mass is 1150 g/mol. The number of ether oxygens (including phenoxy) is 1. The average Bonchev–Trinajstić information content (AvgIpc) is 1.57. The van der Waals surface area contributed by atoms with Crippen LogP contribution in [0.4, 0.5) is 0 Å². The average molecular weight is 1150 g/mol. The van der Waals surface area contributed by atoms with E-state index in [1.54, 1.807) is 6.07 Å². The second-order valence-electron chi connectivity index (χ2n) is 20.5. The first-order valence-corrected chi connectivity index (χ1v) is 24.3. The molecule has 0 saturated heterocycles. The van der Waals surface area contributed by atoms with Gasteiger partial charge in [-0.2, -0.15) is 18.2 Å². The Labute approximate surface area is 461 Å². The molecule has 0 N–H and O–H groups in total. The fraction of sp³-hybridized carbons (Fsp3) is 0.118. The molecule has 1 aliphatic heterocycles. The van der Waals surface area contributed by atoms with E-state index >= 15 is 0 Å². The summed E-state index contributed by atoms with van der Waals surface area (Å²) in [6, 6.07) is 47.8. The summed E-state index contributed by atoms with van der Waals surface area (Å²) in [6.45, 7) is 12.9. The summed E-state index contributed by atoms with van der Waals surface area (Å²) in [5, 5.41) is 2.02. The molecule has 0 bridgehead atoms. The van der Waals surface area contributed by atoms with Gasteiger partial charge in [-0.15, -0.1) is 29.7 Å². The number of hydrogen-bond donors (Lipinski definition) is 0. The maximum absolute atomic E-state index is 9.32. The van der Waals surface area contributed by atoms with Gasteiger partial charge in [-0.25, -0.2) is 4.98 Å². The largest absolute Gasteiger partial charge is 0.510 e. The van der Waals surface area contributed by atoms with E-state index in [-0.39, 0.29) is 61.8 Å². The molecule has 0 spiro atoms. The van der Waals surface area contributed by atoms with Crippen LogP contribution in [0.5, 0.6) is 11.5 Å². The molecule has 0 atom stereocenters. The summed E-state index contributed by atoms with van der Waals surface area (Å²) >= 11 is 0. The Bertz CT molecular complexity index is 4710. The molecule has 13 rings (SSSR count). The van der Waals surface area contributed by atoms with Gasteiger partial charge in [0.15, 0.2) is 0 Å². The Morgan fingerprint density at radius 2 is 1.20 bits per heavy atom. The maximum atomic E-state index is 9.32. The van der Waals surface area contributed by atoms with Crippen molar-refractivity contribution in [2.45, 2.75) is 52.4 Å². The summed E-state index contributed by atoms with van der Waals surface area (Å²) in [7, 11) is 0. The fourth-order valence-electron chi connectivity index (χ4n) is 10.4. The molecule has 0 fully saturated rings. The van der Waals surface area contributed by atoms with Gasteiger partial charge in [-0.1, -0.05) is 192 Å². The Hall–Kier alpha value is -8.11. The van der Waals surface area contributed by atoms with Crippen molar-refractivity contribution in [1.29, 1.82) is 0 Å². The zero-order chi connectivity index (χ0) is 58.3. The fourth-order valence-corrected chi connectivity index (χ4v) is 10.4. The van der Waals surface area contributed by atoms with E-state index in [1.165, 1.54) is 0 Å². The van der Waals surface area contributed by atoms with Crippen LogP contribution >= 0.6 is 0 Å². The van der Waals surface area contributed by atoms with Crippen molar-refractivity contribution in [3.8, 4) is 84.3 Å². The van der Waals surface area contributed by atoms with Gasteiger partial charge < -0.3 is 13.9 Å². The second-order valence-corrected chi connectivity index (χ2v) is 20.5. The van der Waals surface area contributed by atoms with Crippen LogP contribution in [0.1, 0.15) is 66.4 Å². The Kier molecular flexibility index (Phi) is 9.00. The van der Waals surface area contributed by atoms with Gasteiger partial charge in [0.25, 0.3) is 6.33 Å². The second kappa shape index (κ2) is 18.1. The maximum Gasteiger partial charge on any atom is 0.268 e. The number of nitrogens with zero attached hydrogens (tertiary/aromatic N) is 4. The molecule has 0 radical (unpaired) electrons. The molecule has 362 valence electrons. The van der Waals surface area contributed by atoms with Gasteiger partial charge in [0.1, 0.15) is 5.82 Å². The number of aromatic nitrogens is 4. The predicted octanol–water partition coefficient (Wildman–Crippen LogP) is 16.8. The number of benzene rings is 9. The first kappa shape index (κ1) is 36.7. The van der Waals surface area contributed by atoms with Crippen LogP contribution in [0.15, 0.2) is 206 Å². The van der Waals surface area contributed by atoms with E-state index in [4.69, 9.17) is 17.9 Å². The van der Waals surface area contributed by atoms with Gasteiger partial charge in [-0.3, -0.25) is 4.57 Å². The summed E-state index contributed by atoms with van der Waals surface area (Å²) in [6.07, 6.45) is 5.60. The predicted molar refractivity (Wildman–Crippen MR) is 298 cm³/mol. The SMILES string of the molecule is [2H]c1c([2H])c([2H])c(-c2cc3c4c(c2)n(-c2[c-]c(Oc5[c-]c6c(cc5)c5ccccc5n6-c5cc(C(C)(C)C)ccn5)ccc2)[c-][n+]4-c2c(cccc2C(C)(C)C)-c2c(cccc2-c2c([2H])c([2H])c([2H])c([2H])c2[2H])-c2ccccc2-3)c([2H])c1[2H].[Pt]. The number of pyridine rings is 1. The van der Waals surface area contributed by atoms with Gasteiger partial charge in [0, 0.05) is 44.3 Å². The van der Waals surface area contributed by atoms with Crippen LogP contribution in [0, 0.1) is 18.5 Å². The molecule has 0 aliphatic carbocycles. The minimum atomic E-state index is -0.532. The molecule has 12 aromatic rings. The molecule has 74 heavy (non-hydrogen) atoms. The normalized spacial score (nSPS) is 14.0. The topological polar surface area (TPSA) is 35.9 Å². The molecule has 1 aliphatic rings. The van der Waals surface area contributed by atoms with Crippen LogP contribution in [0.3, 0.4) is 0 Å². The summed E-state index contributed by atoms with van der Waals surface area (Å²) in [4.78, 5) is 4.86. The molecule has 0 saturated carbocycles. The van der Waals surface area contributed by atoms with Crippen molar-refractivity contribution in [3.63, 3.8) is 0 Å². The van der Waals surface area contributed by atoms with Gasteiger partial charge in [-0.05, 0) is 113 Å². The van der Waals surface area contributed by atoms with Gasteiger partial charge in [0.2, 0.25) is 0 Å². The van der Waals surface area contributed by atoms with Gasteiger partial charge >= 0.3 is 0 Å². The quantitative estimate of drug-likeness (QED) is 0.123. The van der Waals surface area contributed by atoms with Crippen molar-refractivity contribution < 1.29 is 44.1 Å². The number of rotatable bonds is 6. The van der Waals surface area contributed by atoms with E-state index < -0.39 is 41.7 Å². The van der Waals surface area contributed by atoms with Crippen LogP contribution in [-0.4, -0.2) is 14.1 Å². The van der Waals surface area contributed by atoms with E-state index in [9.17, 15) is 5.48 Å². The number of fused-ring (bicyclic) bond motifs is 10. The first-order valence-electron chi connectivity index (χ1n) is 29.3. The summed E-state index contributed by atoms with van der Waals surface area (Å²) in [5.41, 5.74) is 10.4. The molecule has 5 nitrogen and oxygen atoms in total. The molecule has 9 aromatic carbocycles. The van der Waals surface area contributed by atoms with Crippen molar-refractivity contribution >= 4 is 32.8 Å². The smallest absolute Gasteiger partial charge is 0.268 e. The molecule has 0 amide bonds. The number of para-hydroxylation sites is 2. The molecular weight excluding hydrogens is 1080 g/mol. The zero-order valence-electron chi connectivity index (χ0n) is 51.4.